The van der Waals surface area contributed by atoms with Crippen LogP contribution in [0.2, 0.25) is 0 Å². The van der Waals surface area contributed by atoms with Gasteiger partial charge < -0.3 is 5.11 Å². The largest absolute Gasteiger partial charge is 0.388 e. The maximum absolute atomic E-state index is 10.1. The molecule has 15 heavy (non-hydrogen) atoms. The molecule has 2 aromatic carbocycles. The molecule has 76 valence electrons. The van der Waals surface area contributed by atoms with E-state index in [0.717, 1.165) is 12.0 Å². The highest BCUT2D eigenvalue weighted by Gasteiger charge is 2.28. The van der Waals surface area contributed by atoms with E-state index in [1.165, 1.54) is 16.3 Å². The van der Waals surface area contributed by atoms with Crippen molar-refractivity contribution in [2.75, 3.05) is 0 Å². The number of hydrogen-bond donors (Lipinski definition) is 1. The first-order valence-corrected chi connectivity index (χ1v) is 5.46. The molecule has 1 nitrogen and oxygen atoms in total. The molecule has 1 heteroatoms. The van der Waals surface area contributed by atoms with E-state index in [1.54, 1.807) is 0 Å². The van der Waals surface area contributed by atoms with Crippen molar-refractivity contribution >= 4 is 10.8 Å². The van der Waals surface area contributed by atoms with Gasteiger partial charge in [0.2, 0.25) is 0 Å². The standard InChI is InChI=1S/C14H14O/c1-9-8-11-7-6-10-4-2-3-5-12(10)13(11)14(9)15/h2-7,9,14-15H,8H2,1H3/t9-,14-/m0/s1. The molecule has 1 N–H and O–H groups in total. The molecule has 0 spiro atoms. The number of rotatable bonds is 0. The third-order valence-electron chi connectivity index (χ3n) is 3.44. The number of fused-ring (bicyclic) bond motifs is 3. The van der Waals surface area contributed by atoms with Gasteiger partial charge in [-0.05, 0) is 34.2 Å². The molecule has 0 aliphatic heterocycles. The van der Waals surface area contributed by atoms with Crippen LogP contribution in [0.4, 0.5) is 0 Å². The zero-order chi connectivity index (χ0) is 10.4. The van der Waals surface area contributed by atoms with Gasteiger partial charge in [0.05, 0.1) is 6.10 Å². The molecule has 0 aromatic heterocycles. The quantitative estimate of drug-likeness (QED) is 0.689. The zero-order valence-corrected chi connectivity index (χ0v) is 8.77. The van der Waals surface area contributed by atoms with Crippen molar-refractivity contribution in [3.63, 3.8) is 0 Å². The normalized spacial score (nSPS) is 24.4. The van der Waals surface area contributed by atoms with Crippen LogP contribution in [-0.2, 0) is 6.42 Å². The summed E-state index contributed by atoms with van der Waals surface area (Å²) in [6.07, 6.45) is 0.715. The molecule has 0 amide bonds. The third-order valence-corrected chi connectivity index (χ3v) is 3.44. The van der Waals surface area contributed by atoms with Gasteiger partial charge in [0, 0.05) is 0 Å². The van der Waals surface area contributed by atoms with Gasteiger partial charge >= 0.3 is 0 Å². The van der Waals surface area contributed by atoms with Crippen LogP contribution in [-0.4, -0.2) is 5.11 Å². The minimum absolute atomic E-state index is 0.286. The van der Waals surface area contributed by atoms with Crippen LogP contribution in [0.25, 0.3) is 10.8 Å². The number of hydrogen-bond acceptors (Lipinski definition) is 1. The molecule has 0 radical (unpaired) electrons. The molecule has 0 fully saturated rings. The van der Waals surface area contributed by atoms with E-state index in [2.05, 4.69) is 31.2 Å². The van der Waals surface area contributed by atoms with Crippen molar-refractivity contribution in [2.24, 2.45) is 5.92 Å². The Morgan fingerprint density at radius 1 is 1.13 bits per heavy atom. The summed E-state index contributed by atoms with van der Waals surface area (Å²) in [5.41, 5.74) is 2.47. The molecule has 2 aromatic rings. The Labute approximate surface area is 89.4 Å². The zero-order valence-electron chi connectivity index (χ0n) is 8.77. The lowest BCUT2D eigenvalue weighted by atomic mass is 9.99. The van der Waals surface area contributed by atoms with Crippen molar-refractivity contribution in [2.45, 2.75) is 19.4 Å². The Morgan fingerprint density at radius 2 is 1.93 bits per heavy atom. The predicted molar refractivity (Wildman–Crippen MR) is 61.8 cm³/mol. The topological polar surface area (TPSA) is 20.2 Å². The molecule has 3 rings (SSSR count). The van der Waals surface area contributed by atoms with Crippen LogP contribution in [0.5, 0.6) is 0 Å². The van der Waals surface area contributed by atoms with E-state index in [1.807, 2.05) is 12.1 Å². The van der Waals surface area contributed by atoms with Crippen LogP contribution in [0.15, 0.2) is 36.4 Å². The summed E-state index contributed by atoms with van der Waals surface area (Å²) < 4.78 is 0. The maximum Gasteiger partial charge on any atom is 0.0827 e. The summed E-state index contributed by atoms with van der Waals surface area (Å²) in [5.74, 6) is 0.353. The van der Waals surface area contributed by atoms with E-state index in [-0.39, 0.29) is 6.10 Å². The van der Waals surface area contributed by atoms with Crippen molar-refractivity contribution in [3.8, 4) is 0 Å². The molecule has 1 aliphatic carbocycles. The van der Waals surface area contributed by atoms with Crippen molar-refractivity contribution in [1.29, 1.82) is 0 Å². The van der Waals surface area contributed by atoms with Crippen molar-refractivity contribution in [3.05, 3.63) is 47.5 Å². The fraction of sp³-hybridized carbons (Fsp3) is 0.286. The van der Waals surface area contributed by atoms with E-state index in [9.17, 15) is 5.11 Å². The highest BCUT2D eigenvalue weighted by atomic mass is 16.3. The lowest BCUT2D eigenvalue weighted by Gasteiger charge is -2.11. The third kappa shape index (κ3) is 1.20. The molecule has 0 saturated carbocycles. The Kier molecular flexibility index (Phi) is 1.83. The molecule has 0 saturated heterocycles. The van der Waals surface area contributed by atoms with Gasteiger partial charge in [-0.3, -0.25) is 0 Å². The highest BCUT2D eigenvalue weighted by molar-refractivity contribution is 5.87. The Balaban J connectivity index is 2.35. The van der Waals surface area contributed by atoms with Gasteiger partial charge in [-0.25, -0.2) is 0 Å². The van der Waals surface area contributed by atoms with Crippen LogP contribution < -0.4 is 0 Å². The van der Waals surface area contributed by atoms with Gasteiger partial charge in [0.15, 0.2) is 0 Å². The molecular weight excluding hydrogens is 184 g/mol. The molecule has 0 heterocycles. The average molecular weight is 198 g/mol. The minimum Gasteiger partial charge on any atom is -0.388 e. The average Bonchev–Trinajstić information content (AvgIpc) is 2.55. The minimum atomic E-state index is -0.286. The molecule has 0 bridgehead atoms. The summed E-state index contributed by atoms with van der Waals surface area (Å²) >= 11 is 0. The second kappa shape index (κ2) is 3.07. The SMILES string of the molecule is C[C@H]1Cc2ccc3ccccc3c2[C@H]1O. The van der Waals surface area contributed by atoms with Crippen LogP contribution >= 0.6 is 0 Å². The van der Waals surface area contributed by atoms with E-state index in [0.29, 0.717) is 5.92 Å². The Morgan fingerprint density at radius 3 is 2.80 bits per heavy atom. The summed E-state index contributed by atoms with van der Waals surface area (Å²) in [6, 6.07) is 12.6. The second-order valence-corrected chi connectivity index (χ2v) is 4.49. The summed E-state index contributed by atoms with van der Waals surface area (Å²) in [4.78, 5) is 0. The molecular formula is C14H14O. The number of aliphatic hydroxyl groups excluding tert-OH is 1. The first kappa shape index (κ1) is 8.93. The molecule has 1 aliphatic rings. The van der Waals surface area contributed by atoms with Crippen LogP contribution in [0, 0.1) is 5.92 Å². The Bertz CT molecular complexity index is 516. The van der Waals surface area contributed by atoms with Crippen molar-refractivity contribution in [1.82, 2.24) is 0 Å². The molecule has 2 atom stereocenters. The van der Waals surface area contributed by atoms with Gasteiger partial charge in [-0.15, -0.1) is 0 Å². The monoisotopic (exact) mass is 198 g/mol. The fourth-order valence-electron chi connectivity index (χ4n) is 2.61. The van der Waals surface area contributed by atoms with Gasteiger partial charge in [-0.1, -0.05) is 43.3 Å². The summed E-state index contributed by atoms with van der Waals surface area (Å²) in [7, 11) is 0. The first-order chi connectivity index (χ1) is 7.27. The van der Waals surface area contributed by atoms with Crippen LogP contribution in [0.1, 0.15) is 24.2 Å². The van der Waals surface area contributed by atoms with E-state index in [4.69, 9.17) is 0 Å². The summed E-state index contributed by atoms with van der Waals surface area (Å²) in [6.45, 7) is 2.11. The number of benzene rings is 2. The van der Waals surface area contributed by atoms with Crippen molar-refractivity contribution < 1.29 is 5.11 Å². The van der Waals surface area contributed by atoms with Crippen LogP contribution in [0.3, 0.4) is 0 Å². The van der Waals surface area contributed by atoms with Gasteiger partial charge in [0.1, 0.15) is 0 Å². The lowest BCUT2D eigenvalue weighted by molar-refractivity contribution is 0.134. The van der Waals surface area contributed by atoms with E-state index >= 15 is 0 Å². The second-order valence-electron chi connectivity index (χ2n) is 4.49. The highest BCUT2D eigenvalue weighted by Crippen LogP contribution is 2.39. The van der Waals surface area contributed by atoms with Gasteiger partial charge in [0.25, 0.3) is 0 Å². The predicted octanol–water partition coefficient (Wildman–Crippen LogP) is 3.07. The molecule has 0 unspecified atom stereocenters. The van der Waals surface area contributed by atoms with E-state index < -0.39 is 0 Å². The first-order valence-electron chi connectivity index (χ1n) is 5.46. The smallest absolute Gasteiger partial charge is 0.0827 e. The fourth-order valence-corrected chi connectivity index (χ4v) is 2.61. The number of aliphatic hydroxyl groups is 1. The maximum atomic E-state index is 10.1. The van der Waals surface area contributed by atoms with Gasteiger partial charge in [-0.2, -0.15) is 0 Å². The lowest BCUT2D eigenvalue weighted by Crippen LogP contribution is -2.01. The Hall–Kier alpha value is -1.34. The summed E-state index contributed by atoms with van der Waals surface area (Å²) in [5, 5.41) is 12.6.